The van der Waals surface area contributed by atoms with Crippen molar-refractivity contribution in [2.75, 3.05) is 0 Å². The summed E-state index contributed by atoms with van der Waals surface area (Å²) in [5, 5.41) is 14.9. The van der Waals surface area contributed by atoms with E-state index in [0.29, 0.717) is 16.5 Å². The molecule has 0 atom stereocenters. The highest BCUT2D eigenvalue weighted by Crippen LogP contribution is 2.33. The molecule has 0 aliphatic carbocycles. The number of rotatable bonds is 3. The minimum absolute atomic E-state index is 0.230. The van der Waals surface area contributed by atoms with Gasteiger partial charge in [0.2, 0.25) is 0 Å². The first-order chi connectivity index (χ1) is 11.0. The van der Waals surface area contributed by atoms with Crippen molar-refractivity contribution in [2.24, 2.45) is 9.63 Å². The van der Waals surface area contributed by atoms with Gasteiger partial charge in [-0.2, -0.15) is 8.42 Å². The van der Waals surface area contributed by atoms with Crippen LogP contribution in [0, 0.1) is 6.92 Å². The van der Waals surface area contributed by atoms with Gasteiger partial charge >= 0.3 is 10.0 Å². The molecular formula is C17H14N2O3S. The average molecular weight is 326 g/mol. The molecule has 1 N–H and O–H groups in total. The number of hydrogen-bond donors (Lipinski definition) is 1. The van der Waals surface area contributed by atoms with E-state index in [4.69, 9.17) is 0 Å². The van der Waals surface area contributed by atoms with Crippen molar-refractivity contribution in [3.63, 3.8) is 0 Å². The topological polar surface area (TPSA) is 79.1 Å². The predicted octanol–water partition coefficient (Wildman–Crippen LogP) is 4.33. The molecule has 0 radical (unpaired) electrons. The molecule has 116 valence electrons. The Balaban J connectivity index is 2.12. The Labute approximate surface area is 134 Å². The number of hydrogen-bond acceptors (Lipinski definition) is 4. The molecule has 3 aromatic carbocycles. The van der Waals surface area contributed by atoms with Crippen LogP contribution in [0.5, 0.6) is 5.75 Å². The van der Waals surface area contributed by atoms with E-state index in [1.165, 1.54) is 6.07 Å². The summed E-state index contributed by atoms with van der Waals surface area (Å²) in [7, 11) is -4.12. The van der Waals surface area contributed by atoms with Crippen molar-refractivity contribution in [1.82, 2.24) is 0 Å². The van der Waals surface area contributed by atoms with Gasteiger partial charge in [-0.1, -0.05) is 47.0 Å². The zero-order valence-electron chi connectivity index (χ0n) is 12.3. The number of phenols is 1. The maximum atomic E-state index is 12.5. The third-order valence-corrected chi connectivity index (χ3v) is 4.62. The van der Waals surface area contributed by atoms with Gasteiger partial charge in [0.25, 0.3) is 0 Å². The van der Waals surface area contributed by atoms with E-state index in [1.54, 1.807) is 48.5 Å². The van der Waals surface area contributed by atoms with Crippen LogP contribution in [0.3, 0.4) is 0 Å². The van der Waals surface area contributed by atoms with Crippen LogP contribution < -0.4 is 0 Å². The van der Waals surface area contributed by atoms with Crippen molar-refractivity contribution >= 4 is 26.5 Å². The molecule has 0 saturated carbocycles. The molecule has 23 heavy (non-hydrogen) atoms. The van der Waals surface area contributed by atoms with Crippen LogP contribution in [-0.2, 0) is 10.0 Å². The van der Waals surface area contributed by atoms with E-state index in [2.05, 4.69) is 9.63 Å². The molecule has 0 unspecified atom stereocenters. The summed E-state index contributed by atoms with van der Waals surface area (Å²) >= 11 is 0. The summed E-state index contributed by atoms with van der Waals surface area (Å²) in [4.78, 5) is -0.230. The first-order valence-electron chi connectivity index (χ1n) is 6.93. The Bertz CT molecular complexity index is 1010. The van der Waals surface area contributed by atoms with Gasteiger partial charge in [0, 0.05) is 5.39 Å². The monoisotopic (exact) mass is 326 g/mol. The second-order valence-electron chi connectivity index (χ2n) is 5.13. The van der Waals surface area contributed by atoms with Gasteiger partial charge in [-0.15, -0.1) is 5.11 Å². The summed E-state index contributed by atoms with van der Waals surface area (Å²) in [6.45, 7) is 1.88. The lowest BCUT2D eigenvalue weighted by molar-refractivity contribution is 0.460. The molecule has 5 nitrogen and oxygen atoms in total. The fourth-order valence-electron chi connectivity index (χ4n) is 2.33. The fourth-order valence-corrected chi connectivity index (χ4v) is 3.41. The molecule has 0 saturated heterocycles. The number of aromatic hydroxyl groups is 1. The van der Waals surface area contributed by atoms with Gasteiger partial charge in [0.15, 0.2) is 0 Å². The molecule has 0 spiro atoms. The first kappa shape index (κ1) is 15.2. The third-order valence-electron chi connectivity index (χ3n) is 3.38. The SMILES string of the molecule is Cc1cccc(N=NS(=O)(=O)c2c(O)ccc3ccccc23)c1. The Morgan fingerprint density at radius 2 is 1.74 bits per heavy atom. The van der Waals surface area contributed by atoms with Crippen LogP contribution in [0.4, 0.5) is 5.69 Å². The normalized spacial score (nSPS) is 12.0. The minimum Gasteiger partial charge on any atom is -0.506 e. The highest BCUT2D eigenvalue weighted by atomic mass is 32.2. The molecule has 0 bridgehead atoms. The smallest absolute Gasteiger partial charge is 0.304 e. The molecule has 0 amide bonds. The van der Waals surface area contributed by atoms with Crippen LogP contribution in [0.15, 0.2) is 75.2 Å². The maximum absolute atomic E-state index is 12.5. The van der Waals surface area contributed by atoms with Gasteiger partial charge in [0.05, 0.1) is 5.69 Å². The summed E-state index contributed by atoms with van der Waals surface area (Å²) in [6, 6.07) is 16.9. The van der Waals surface area contributed by atoms with E-state index >= 15 is 0 Å². The van der Waals surface area contributed by atoms with Crippen molar-refractivity contribution in [3.05, 3.63) is 66.2 Å². The molecule has 0 fully saturated rings. The zero-order valence-corrected chi connectivity index (χ0v) is 13.2. The Morgan fingerprint density at radius 1 is 0.957 bits per heavy atom. The Hall–Kier alpha value is -2.73. The van der Waals surface area contributed by atoms with Crippen LogP contribution in [-0.4, -0.2) is 13.5 Å². The van der Waals surface area contributed by atoms with Crippen LogP contribution in [0.1, 0.15) is 5.56 Å². The van der Waals surface area contributed by atoms with Gasteiger partial charge < -0.3 is 5.11 Å². The van der Waals surface area contributed by atoms with Gasteiger partial charge in [-0.05, 0) is 36.1 Å². The molecule has 0 heterocycles. The average Bonchev–Trinajstić information content (AvgIpc) is 2.53. The Morgan fingerprint density at radius 3 is 2.52 bits per heavy atom. The number of nitrogens with zero attached hydrogens (tertiary/aromatic N) is 2. The van der Waals surface area contributed by atoms with Gasteiger partial charge in [-0.3, -0.25) is 0 Å². The molecule has 0 aliphatic heterocycles. The molecular weight excluding hydrogens is 312 g/mol. The molecule has 6 heteroatoms. The number of fused-ring (bicyclic) bond motifs is 1. The standard InChI is InChI=1S/C17H14N2O3S/c1-12-5-4-7-14(11-12)18-19-23(21,22)17-15-8-3-2-6-13(15)9-10-16(17)20/h2-11,20H,1H3. The lowest BCUT2D eigenvalue weighted by atomic mass is 10.1. The number of phenolic OH excluding ortho intramolecular Hbond substituents is 1. The summed E-state index contributed by atoms with van der Waals surface area (Å²) in [5.74, 6) is -0.341. The van der Waals surface area contributed by atoms with E-state index < -0.39 is 10.0 Å². The molecule has 3 aromatic rings. The quantitative estimate of drug-likeness (QED) is 0.728. The molecule has 0 aliphatic rings. The largest absolute Gasteiger partial charge is 0.506 e. The van der Waals surface area contributed by atoms with Crippen molar-refractivity contribution < 1.29 is 13.5 Å². The van der Waals surface area contributed by atoms with E-state index in [1.807, 2.05) is 13.0 Å². The van der Waals surface area contributed by atoms with E-state index in [9.17, 15) is 13.5 Å². The number of aryl methyl sites for hydroxylation is 1. The third kappa shape index (κ3) is 3.07. The summed E-state index contributed by atoms with van der Waals surface area (Å²) in [5.41, 5.74) is 1.39. The second-order valence-corrected chi connectivity index (χ2v) is 6.65. The van der Waals surface area contributed by atoms with Crippen molar-refractivity contribution in [3.8, 4) is 5.75 Å². The maximum Gasteiger partial charge on any atom is 0.304 e. The second kappa shape index (κ2) is 5.81. The minimum atomic E-state index is -4.12. The highest BCUT2D eigenvalue weighted by molar-refractivity contribution is 7.90. The van der Waals surface area contributed by atoms with Gasteiger partial charge in [-0.25, -0.2) is 0 Å². The van der Waals surface area contributed by atoms with E-state index in [-0.39, 0.29) is 10.6 Å². The van der Waals surface area contributed by atoms with E-state index in [0.717, 1.165) is 5.56 Å². The van der Waals surface area contributed by atoms with Crippen molar-refractivity contribution in [1.29, 1.82) is 0 Å². The first-order valence-corrected chi connectivity index (χ1v) is 8.37. The van der Waals surface area contributed by atoms with Crippen molar-refractivity contribution in [2.45, 2.75) is 11.8 Å². The predicted molar refractivity (Wildman–Crippen MR) is 88.5 cm³/mol. The van der Waals surface area contributed by atoms with Crippen LogP contribution in [0.2, 0.25) is 0 Å². The molecule has 0 aromatic heterocycles. The Kier molecular flexibility index (Phi) is 3.83. The highest BCUT2D eigenvalue weighted by Gasteiger charge is 2.21. The van der Waals surface area contributed by atoms with Crippen LogP contribution >= 0.6 is 0 Å². The zero-order chi connectivity index (χ0) is 16.4. The summed E-state index contributed by atoms with van der Waals surface area (Å²) in [6.07, 6.45) is 0. The van der Waals surface area contributed by atoms with Crippen LogP contribution in [0.25, 0.3) is 10.8 Å². The lowest BCUT2D eigenvalue weighted by Gasteiger charge is -2.06. The number of sulfonamides is 1. The fraction of sp³-hybridized carbons (Fsp3) is 0.0588. The lowest BCUT2D eigenvalue weighted by Crippen LogP contribution is -1.98. The molecule has 3 rings (SSSR count). The number of benzene rings is 3. The van der Waals surface area contributed by atoms with Gasteiger partial charge in [0.1, 0.15) is 10.6 Å². The summed E-state index contributed by atoms with van der Waals surface area (Å²) < 4.78 is 28.5.